The average molecular weight is 256 g/mol. The van der Waals surface area contributed by atoms with E-state index < -0.39 is 0 Å². The summed E-state index contributed by atoms with van der Waals surface area (Å²) in [5.74, 6) is 0. The quantitative estimate of drug-likeness (QED) is 0.531. The van der Waals surface area contributed by atoms with Gasteiger partial charge in [-0.05, 0) is 6.92 Å². The van der Waals surface area contributed by atoms with Gasteiger partial charge in [0.05, 0.1) is 0 Å². The average Bonchev–Trinajstić information content (AvgIpc) is 1.77. The Morgan fingerprint density at radius 1 is 1.11 bits per heavy atom. The third-order valence-corrected chi connectivity index (χ3v) is 1.29. The van der Waals surface area contributed by atoms with Gasteiger partial charge in [-0.2, -0.15) is 4.90 Å². The molecule has 0 saturated heterocycles. The van der Waals surface area contributed by atoms with Crippen LogP contribution in [0.1, 0.15) is 5.56 Å². The summed E-state index contributed by atoms with van der Waals surface area (Å²) >= 11 is 4.87. The number of rotatable bonds is 0. The van der Waals surface area contributed by atoms with E-state index in [4.69, 9.17) is 12.6 Å². The van der Waals surface area contributed by atoms with E-state index in [1.807, 2.05) is 24.3 Å². The molecule has 0 aliphatic rings. The Balaban J connectivity index is 0.000000640. The van der Waals surface area contributed by atoms with Gasteiger partial charge in [-0.3, -0.25) is 0 Å². The van der Waals surface area contributed by atoms with Crippen LogP contribution in [0.15, 0.2) is 29.2 Å². The maximum absolute atomic E-state index is 4.87. The molecule has 0 aliphatic carbocycles. The van der Waals surface area contributed by atoms with E-state index >= 15 is 0 Å². The van der Waals surface area contributed by atoms with E-state index in [9.17, 15) is 0 Å². The van der Waals surface area contributed by atoms with Crippen molar-refractivity contribution in [1.82, 2.24) is 0 Å². The molecule has 0 atom stereocenters. The Kier molecular flexibility index (Phi) is 6.04. The van der Waals surface area contributed by atoms with Gasteiger partial charge in [-0.15, -0.1) is 0 Å². The minimum atomic E-state index is 0. The van der Waals surface area contributed by atoms with Crippen LogP contribution in [0, 0.1) is 6.92 Å². The molecule has 0 nitrogen and oxygen atoms in total. The summed E-state index contributed by atoms with van der Waals surface area (Å²) in [4.78, 5) is 0.913. The molecule has 1 aromatic rings. The van der Waals surface area contributed by atoms with Crippen LogP contribution in [0.5, 0.6) is 0 Å². The standard InChI is InChI=1S/C7H8S.Cs/c1-6-2-4-7(8)5-3-6;/h2-5,8H,1H3;/q;+1/p-1. The Morgan fingerprint density at radius 3 is 1.89 bits per heavy atom. The molecule has 0 bridgehead atoms. The Bertz CT molecular complexity index is 148. The second-order valence-corrected chi connectivity index (χ2v) is 2.28. The van der Waals surface area contributed by atoms with Gasteiger partial charge in [0, 0.05) is 0 Å². The molecule has 2 heteroatoms. The molecular weight excluding hydrogens is 249 g/mol. The number of benzene rings is 1. The van der Waals surface area contributed by atoms with Crippen molar-refractivity contribution >= 4 is 12.6 Å². The van der Waals surface area contributed by atoms with Gasteiger partial charge in [0.2, 0.25) is 0 Å². The van der Waals surface area contributed by atoms with Gasteiger partial charge in [-0.25, -0.2) is 0 Å². The van der Waals surface area contributed by atoms with Gasteiger partial charge in [-0.1, -0.05) is 29.8 Å². The van der Waals surface area contributed by atoms with Crippen LogP contribution in [0.3, 0.4) is 0 Å². The van der Waals surface area contributed by atoms with Crippen molar-refractivity contribution in [3.8, 4) is 0 Å². The first-order valence-electron chi connectivity index (χ1n) is 2.53. The van der Waals surface area contributed by atoms with Crippen LogP contribution < -0.4 is 68.9 Å². The molecule has 0 N–H and O–H groups in total. The van der Waals surface area contributed by atoms with Gasteiger partial charge in [0.25, 0.3) is 0 Å². The topological polar surface area (TPSA) is 0 Å². The third-order valence-electron chi connectivity index (χ3n) is 1.02. The van der Waals surface area contributed by atoms with Crippen LogP contribution in [-0.4, -0.2) is 0 Å². The molecule has 42 valence electrons. The fourth-order valence-electron chi connectivity index (χ4n) is 0.538. The number of hydrogen-bond donors (Lipinski definition) is 0. The van der Waals surface area contributed by atoms with Crippen LogP contribution in [0.4, 0.5) is 0 Å². The van der Waals surface area contributed by atoms with E-state index in [1.165, 1.54) is 5.56 Å². The summed E-state index contributed by atoms with van der Waals surface area (Å²) in [5, 5.41) is 0. The molecule has 0 spiro atoms. The Hall–Kier alpha value is 1.49. The minimum absolute atomic E-state index is 0. The maximum Gasteiger partial charge on any atom is 1.00 e. The summed E-state index contributed by atoms with van der Waals surface area (Å²) in [5.41, 5.74) is 1.26. The molecule has 0 fully saturated rings. The van der Waals surface area contributed by atoms with Crippen molar-refractivity contribution in [3.63, 3.8) is 0 Å². The third kappa shape index (κ3) is 4.03. The van der Waals surface area contributed by atoms with Crippen LogP contribution in [0.25, 0.3) is 0 Å². The largest absolute Gasteiger partial charge is 1.00 e. The molecule has 0 saturated carbocycles. The molecule has 1 aromatic carbocycles. The molecule has 0 aliphatic heterocycles. The monoisotopic (exact) mass is 256 g/mol. The van der Waals surface area contributed by atoms with Crippen LogP contribution in [0.2, 0.25) is 0 Å². The first-order valence-corrected chi connectivity index (χ1v) is 2.93. The maximum atomic E-state index is 4.87. The molecule has 0 aromatic heterocycles. The molecule has 9 heavy (non-hydrogen) atoms. The Morgan fingerprint density at radius 2 is 1.56 bits per heavy atom. The van der Waals surface area contributed by atoms with Crippen LogP contribution >= 0.6 is 0 Å². The van der Waals surface area contributed by atoms with Crippen molar-refractivity contribution < 1.29 is 68.9 Å². The van der Waals surface area contributed by atoms with Gasteiger partial charge in [0.15, 0.2) is 0 Å². The smallest absolute Gasteiger partial charge is 0.780 e. The van der Waals surface area contributed by atoms with E-state index in [-0.39, 0.29) is 68.9 Å². The summed E-state index contributed by atoms with van der Waals surface area (Å²) in [6.07, 6.45) is 0. The van der Waals surface area contributed by atoms with E-state index in [1.54, 1.807) is 0 Å². The van der Waals surface area contributed by atoms with E-state index in [0.29, 0.717) is 0 Å². The second kappa shape index (κ2) is 5.18. The molecular formula is C7H7CsS. The molecule has 0 radical (unpaired) electrons. The van der Waals surface area contributed by atoms with Crippen molar-refractivity contribution in [2.75, 3.05) is 0 Å². The predicted molar refractivity (Wildman–Crippen MR) is 36.8 cm³/mol. The SMILES string of the molecule is Cc1ccc([S-])cc1.[Cs+]. The zero-order valence-electron chi connectivity index (χ0n) is 5.72. The molecule has 0 unspecified atom stereocenters. The zero-order chi connectivity index (χ0) is 5.98. The summed E-state index contributed by atoms with van der Waals surface area (Å²) < 4.78 is 0. The number of hydrogen-bond acceptors (Lipinski definition) is 1. The van der Waals surface area contributed by atoms with E-state index in [0.717, 1.165) is 4.90 Å². The van der Waals surface area contributed by atoms with Crippen molar-refractivity contribution in [2.24, 2.45) is 0 Å². The number of aryl methyl sites for hydroxylation is 1. The Labute approximate surface area is 120 Å². The summed E-state index contributed by atoms with van der Waals surface area (Å²) in [6.45, 7) is 2.05. The normalized spacial score (nSPS) is 8.11. The van der Waals surface area contributed by atoms with Crippen molar-refractivity contribution in [1.29, 1.82) is 0 Å². The van der Waals surface area contributed by atoms with E-state index in [2.05, 4.69) is 6.92 Å². The predicted octanol–water partition coefficient (Wildman–Crippen LogP) is -1.10. The van der Waals surface area contributed by atoms with Gasteiger partial charge < -0.3 is 12.6 Å². The van der Waals surface area contributed by atoms with Crippen molar-refractivity contribution in [2.45, 2.75) is 11.8 Å². The van der Waals surface area contributed by atoms with Gasteiger partial charge >= 0.3 is 68.9 Å². The van der Waals surface area contributed by atoms with Crippen molar-refractivity contribution in [3.05, 3.63) is 29.8 Å². The molecule has 0 heterocycles. The molecule has 0 amide bonds. The van der Waals surface area contributed by atoms with Gasteiger partial charge in [0.1, 0.15) is 0 Å². The summed E-state index contributed by atoms with van der Waals surface area (Å²) in [6, 6.07) is 7.90. The first kappa shape index (κ1) is 10.5. The minimum Gasteiger partial charge on any atom is -0.780 e. The summed E-state index contributed by atoms with van der Waals surface area (Å²) in [7, 11) is 0. The first-order chi connectivity index (χ1) is 3.79. The zero-order valence-corrected chi connectivity index (χ0v) is 12.8. The second-order valence-electron chi connectivity index (χ2n) is 1.81. The fourth-order valence-corrected chi connectivity index (χ4v) is 0.674. The fraction of sp³-hybridized carbons (Fsp3) is 0.143. The molecule has 1 rings (SSSR count). The van der Waals surface area contributed by atoms with Crippen LogP contribution in [-0.2, 0) is 12.6 Å².